The van der Waals surface area contributed by atoms with Gasteiger partial charge in [-0.25, -0.2) is 0 Å². The van der Waals surface area contributed by atoms with Crippen LogP contribution < -0.4 is 5.73 Å². The summed E-state index contributed by atoms with van der Waals surface area (Å²) in [6.45, 7) is 0. The predicted molar refractivity (Wildman–Crippen MR) is 23.4 cm³/mol. The summed E-state index contributed by atoms with van der Waals surface area (Å²) in [5, 5.41) is 14.5. The van der Waals surface area contributed by atoms with E-state index in [9.17, 15) is 0 Å². The molecule has 0 aliphatic heterocycles. The molecule has 0 aliphatic carbocycles. The van der Waals surface area contributed by atoms with Gasteiger partial charge in [-0.3, -0.25) is 0 Å². The molecule has 0 bridgehead atoms. The van der Waals surface area contributed by atoms with Gasteiger partial charge in [0.25, 0.3) is 0 Å². The molecule has 0 aliphatic rings. The largest absolute Gasteiger partial charge is 0.395 e. The fourth-order valence-corrected chi connectivity index (χ4v) is 0.280. The third kappa shape index (κ3) is 0.586. The van der Waals surface area contributed by atoms with Crippen molar-refractivity contribution in [2.24, 2.45) is 0 Å². The van der Waals surface area contributed by atoms with Crippen molar-refractivity contribution in [2.75, 3.05) is 5.73 Å². The number of hydrogen-bond acceptors (Lipinski definition) is 5. The topological polar surface area (TPSA) is 88.7 Å². The van der Waals surface area contributed by atoms with Crippen LogP contribution in [-0.4, -0.2) is 10.2 Å². The number of nitrogens with two attached hydrogens (primary N) is 1. The first-order valence-corrected chi connectivity index (χ1v) is 1.82. The summed E-state index contributed by atoms with van der Waals surface area (Å²) >= 11 is 0. The zero-order chi connectivity index (χ0) is 5.98. The molecule has 0 aromatic carbocycles. The Hall–Kier alpha value is -1.57. The van der Waals surface area contributed by atoms with Crippen LogP contribution in [0.5, 0.6) is 0 Å². The minimum absolute atomic E-state index is 0.0819. The van der Waals surface area contributed by atoms with Crippen LogP contribution in [0.4, 0.5) is 6.01 Å². The van der Waals surface area contributed by atoms with E-state index < -0.39 is 0 Å². The highest BCUT2D eigenvalue weighted by Gasteiger charge is 1.96. The highest BCUT2D eigenvalue weighted by atomic mass is 16.4. The molecule has 0 unspecified atom stereocenters. The lowest BCUT2D eigenvalue weighted by Gasteiger charge is -1.68. The van der Waals surface area contributed by atoms with Crippen molar-refractivity contribution in [1.29, 1.82) is 5.26 Å². The van der Waals surface area contributed by atoms with Crippen LogP contribution in [0, 0.1) is 11.3 Å². The second kappa shape index (κ2) is 1.50. The fraction of sp³-hybridized carbons (Fsp3) is 0. The summed E-state index contributed by atoms with van der Waals surface area (Å²) in [6.07, 6.45) is 0. The van der Waals surface area contributed by atoms with E-state index in [1.165, 1.54) is 0 Å². The van der Waals surface area contributed by atoms with Crippen molar-refractivity contribution in [1.82, 2.24) is 10.2 Å². The van der Waals surface area contributed by atoms with Gasteiger partial charge in [-0.1, -0.05) is 10.2 Å². The molecule has 1 aromatic rings. The van der Waals surface area contributed by atoms with Gasteiger partial charge in [0.15, 0.2) is 6.07 Å². The van der Waals surface area contributed by atoms with Gasteiger partial charge >= 0.3 is 11.9 Å². The van der Waals surface area contributed by atoms with E-state index in [4.69, 9.17) is 11.0 Å². The van der Waals surface area contributed by atoms with Crippen molar-refractivity contribution in [3.63, 3.8) is 0 Å². The van der Waals surface area contributed by atoms with E-state index in [1.807, 2.05) is 0 Å². The van der Waals surface area contributed by atoms with Crippen LogP contribution in [0.1, 0.15) is 5.89 Å². The van der Waals surface area contributed by atoms with Gasteiger partial charge in [-0.15, -0.1) is 0 Å². The van der Waals surface area contributed by atoms with Gasteiger partial charge in [0.1, 0.15) is 0 Å². The molecule has 5 nitrogen and oxygen atoms in total. The summed E-state index contributed by atoms with van der Waals surface area (Å²) in [6, 6.07) is 1.55. The van der Waals surface area contributed by atoms with Crippen LogP contribution in [0.25, 0.3) is 0 Å². The Morgan fingerprint density at radius 1 is 1.62 bits per heavy atom. The van der Waals surface area contributed by atoms with Gasteiger partial charge in [-0.2, -0.15) is 5.26 Å². The molecule has 0 radical (unpaired) electrons. The average Bonchev–Trinajstić information content (AvgIpc) is 2.14. The van der Waals surface area contributed by atoms with Crippen molar-refractivity contribution < 1.29 is 4.42 Å². The number of nitriles is 1. The maximum absolute atomic E-state index is 8.05. The second-order valence-corrected chi connectivity index (χ2v) is 1.06. The summed E-state index contributed by atoms with van der Waals surface area (Å²) in [5.41, 5.74) is 4.96. The predicted octanol–water partition coefficient (Wildman–Crippen LogP) is -0.477. The maximum Gasteiger partial charge on any atom is 0.322 e. The Labute approximate surface area is 44.7 Å². The second-order valence-electron chi connectivity index (χ2n) is 1.06. The maximum atomic E-state index is 8.05. The van der Waals surface area contributed by atoms with Crippen LogP contribution in [0.3, 0.4) is 0 Å². The van der Waals surface area contributed by atoms with E-state index in [0.717, 1.165) is 0 Å². The zero-order valence-corrected chi connectivity index (χ0v) is 3.83. The fourth-order valence-electron chi connectivity index (χ4n) is 0.280. The van der Waals surface area contributed by atoms with Crippen LogP contribution in [-0.2, 0) is 0 Å². The Morgan fingerprint density at radius 2 is 2.38 bits per heavy atom. The van der Waals surface area contributed by atoms with Crippen LogP contribution in [0.2, 0.25) is 0 Å². The van der Waals surface area contributed by atoms with Crippen molar-refractivity contribution in [3.8, 4) is 6.07 Å². The third-order valence-corrected chi connectivity index (χ3v) is 0.536. The van der Waals surface area contributed by atoms with Gasteiger partial charge in [0.05, 0.1) is 0 Å². The first kappa shape index (κ1) is 4.59. The number of nitrogen functional groups attached to an aromatic ring is 1. The van der Waals surface area contributed by atoms with E-state index in [1.54, 1.807) is 6.07 Å². The highest BCUT2D eigenvalue weighted by Crippen LogP contribution is 1.95. The Kier molecular flexibility index (Phi) is 0.860. The van der Waals surface area contributed by atoms with Crippen molar-refractivity contribution in [2.45, 2.75) is 0 Å². The molecule has 0 amide bonds. The Bertz CT molecular complexity index is 221. The Balaban J connectivity index is 3.05. The molecular weight excluding hydrogens is 108 g/mol. The van der Waals surface area contributed by atoms with Crippen molar-refractivity contribution in [3.05, 3.63) is 5.89 Å². The monoisotopic (exact) mass is 110 g/mol. The number of rotatable bonds is 0. The minimum atomic E-state index is -0.109. The van der Waals surface area contributed by atoms with Gasteiger partial charge in [0.2, 0.25) is 0 Å². The summed E-state index contributed by atoms with van der Waals surface area (Å²) in [7, 11) is 0. The van der Waals surface area contributed by atoms with E-state index in [0.29, 0.717) is 0 Å². The average molecular weight is 110 g/mol. The van der Waals surface area contributed by atoms with Gasteiger partial charge in [0, 0.05) is 0 Å². The lowest BCUT2D eigenvalue weighted by Crippen LogP contribution is -1.81. The number of anilines is 1. The molecule has 1 heterocycles. The standard InChI is InChI=1S/C3H2N4O/c4-1-2-6-7-3(5)8-2/h(H2,5,7). The first-order chi connectivity index (χ1) is 3.83. The van der Waals surface area contributed by atoms with Crippen molar-refractivity contribution >= 4 is 6.01 Å². The normalized spacial score (nSPS) is 8.38. The van der Waals surface area contributed by atoms with E-state index in [-0.39, 0.29) is 11.9 Å². The van der Waals surface area contributed by atoms with Crippen LogP contribution >= 0.6 is 0 Å². The summed E-state index contributed by atoms with van der Waals surface area (Å²) in [5.74, 6) is -0.109. The molecule has 0 saturated heterocycles. The quantitative estimate of drug-likeness (QED) is 0.487. The molecule has 1 aromatic heterocycles. The molecule has 1 rings (SSSR count). The molecule has 5 heteroatoms. The molecule has 0 atom stereocenters. The Morgan fingerprint density at radius 3 is 2.62 bits per heavy atom. The smallest absolute Gasteiger partial charge is 0.322 e. The molecular formula is C3H2N4O. The van der Waals surface area contributed by atoms with E-state index in [2.05, 4.69) is 14.6 Å². The SMILES string of the molecule is N#Cc1nnc(N)o1. The zero-order valence-electron chi connectivity index (χ0n) is 3.83. The minimum Gasteiger partial charge on any atom is -0.395 e. The molecule has 8 heavy (non-hydrogen) atoms. The van der Waals surface area contributed by atoms with Gasteiger partial charge in [-0.05, 0) is 0 Å². The summed E-state index contributed by atoms with van der Waals surface area (Å²) in [4.78, 5) is 0. The number of nitrogens with zero attached hydrogens (tertiary/aromatic N) is 3. The molecule has 40 valence electrons. The highest BCUT2D eigenvalue weighted by molar-refractivity contribution is 5.11. The molecule has 2 N–H and O–H groups in total. The lowest BCUT2D eigenvalue weighted by molar-refractivity contribution is 0.558. The third-order valence-electron chi connectivity index (χ3n) is 0.536. The summed E-state index contributed by atoms with van der Waals surface area (Å²) < 4.78 is 4.43. The van der Waals surface area contributed by atoms with Crippen LogP contribution in [0.15, 0.2) is 4.42 Å². The van der Waals surface area contributed by atoms with E-state index >= 15 is 0 Å². The first-order valence-electron chi connectivity index (χ1n) is 1.82. The van der Waals surface area contributed by atoms with Gasteiger partial charge < -0.3 is 10.2 Å². The number of aromatic nitrogens is 2. The molecule has 0 fully saturated rings. The molecule has 0 spiro atoms. The number of hydrogen-bond donors (Lipinski definition) is 1. The lowest BCUT2D eigenvalue weighted by atomic mass is 10.8. The molecule has 0 saturated carbocycles.